The Bertz CT molecular complexity index is 803. The van der Waals surface area contributed by atoms with Gasteiger partial charge in [0.2, 0.25) is 23.6 Å². The highest BCUT2D eigenvalue weighted by Gasteiger charge is 2.44. The number of imide groups is 1. The highest BCUT2D eigenvalue weighted by atomic mass is 79.9. The van der Waals surface area contributed by atoms with E-state index in [1.165, 1.54) is 6.33 Å². The van der Waals surface area contributed by atoms with Crippen molar-refractivity contribution in [1.82, 2.24) is 25.1 Å². The molecule has 2 rings (SSSR count). The van der Waals surface area contributed by atoms with Crippen LogP contribution in [0.2, 0.25) is 0 Å². The molecule has 1 aliphatic rings. The number of carbonyl (C=O) groups is 4. The van der Waals surface area contributed by atoms with Gasteiger partial charge in [-0.05, 0) is 27.8 Å². The van der Waals surface area contributed by atoms with E-state index < -0.39 is 17.4 Å². The van der Waals surface area contributed by atoms with Crippen LogP contribution in [0.5, 0.6) is 0 Å². The highest BCUT2D eigenvalue weighted by molar-refractivity contribution is 9.10. The van der Waals surface area contributed by atoms with E-state index in [0.29, 0.717) is 17.6 Å². The normalized spacial score (nSPS) is 16.4. The zero-order chi connectivity index (χ0) is 23.2. The number of halogens is 1. The maximum Gasteiger partial charge on any atom is 0.243 e. The van der Waals surface area contributed by atoms with Crippen LogP contribution in [0, 0.1) is 5.41 Å². The van der Waals surface area contributed by atoms with Crippen molar-refractivity contribution in [2.24, 2.45) is 5.41 Å². The van der Waals surface area contributed by atoms with Gasteiger partial charge >= 0.3 is 0 Å². The molecule has 0 radical (unpaired) electrons. The van der Waals surface area contributed by atoms with Crippen LogP contribution in [-0.2, 0) is 30.5 Å². The van der Waals surface area contributed by atoms with Crippen LogP contribution < -0.4 is 10.6 Å². The molecule has 2 heterocycles. The second-order valence-corrected chi connectivity index (χ2v) is 9.40. The summed E-state index contributed by atoms with van der Waals surface area (Å²) in [4.78, 5) is 54.9. The minimum absolute atomic E-state index is 0.0808. The van der Waals surface area contributed by atoms with Gasteiger partial charge in [-0.2, -0.15) is 0 Å². The second kappa shape index (κ2) is 10.9. The van der Waals surface area contributed by atoms with Gasteiger partial charge in [0, 0.05) is 45.3 Å². The molecule has 0 aliphatic carbocycles. The number of hydrogen-bond donors (Lipinski definition) is 2. The summed E-state index contributed by atoms with van der Waals surface area (Å²) in [7, 11) is 1.56. The van der Waals surface area contributed by atoms with Gasteiger partial charge in [0.1, 0.15) is 17.2 Å². The number of nitrogens with zero attached hydrogens (tertiary/aromatic N) is 3. The molecule has 1 aliphatic heterocycles. The molecule has 11 heteroatoms. The van der Waals surface area contributed by atoms with Crippen LogP contribution in [0.1, 0.15) is 40.0 Å². The molecule has 0 bridgehead atoms. The highest BCUT2D eigenvalue weighted by Crippen LogP contribution is 2.29. The van der Waals surface area contributed by atoms with Gasteiger partial charge in [0.05, 0.1) is 6.33 Å². The van der Waals surface area contributed by atoms with Gasteiger partial charge in [-0.3, -0.25) is 24.1 Å². The summed E-state index contributed by atoms with van der Waals surface area (Å²) in [6.45, 7) is 6.04. The van der Waals surface area contributed by atoms with E-state index in [1.54, 1.807) is 17.9 Å². The van der Waals surface area contributed by atoms with Crippen molar-refractivity contribution in [3.63, 3.8) is 0 Å². The van der Waals surface area contributed by atoms with Gasteiger partial charge in [-0.25, -0.2) is 4.98 Å². The number of aromatic nitrogens is 2. The zero-order valence-electron chi connectivity index (χ0n) is 18.3. The SMILES string of the molecule is COCCC(CNC(=O)C(N1C(=O)CCC1=O)C(C)(C)C)NC(=O)Cn1cnc(Br)c1. The standard InChI is InChI=1S/C20H30BrN5O5/c1-20(2,3)18(26-16(28)5-6-17(26)29)19(30)22-9-13(7-8-31-4)24-15(27)11-25-10-14(21)23-12-25/h10,12-13,18H,5-9,11H2,1-4H3,(H,22,30)(H,24,27). The lowest BCUT2D eigenvalue weighted by Gasteiger charge is -2.35. The lowest BCUT2D eigenvalue weighted by atomic mass is 9.85. The number of carbonyl (C=O) groups excluding carboxylic acids is 4. The fourth-order valence-electron chi connectivity index (χ4n) is 3.44. The second-order valence-electron chi connectivity index (χ2n) is 8.59. The predicted molar refractivity (Wildman–Crippen MR) is 116 cm³/mol. The van der Waals surface area contributed by atoms with Gasteiger partial charge in [0.25, 0.3) is 0 Å². The van der Waals surface area contributed by atoms with Crippen molar-refractivity contribution < 1.29 is 23.9 Å². The van der Waals surface area contributed by atoms with Crippen LogP contribution >= 0.6 is 15.9 Å². The molecule has 10 nitrogen and oxygen atoms in total. The summed E-state index contributed by atoms with van der Waals surface area (Å²) in [5.74, 6) is -1.34. The zero-order valence-corrected chi connectivity index (χ0v) is 19.9. The van der Waals surface area contributed by atoms with Gasteiger partial charge < -0.3 is 19.9 Å². The van der Waals surface area contributed by atoms with Crippen molar-refractivity contribution >= 4 is 39.6 Å². The molecule has 2 atom stereocenters. The molecule has 0 aromatic carbocycles. The largest absolute Gasteiger partial charge is 0.385 e. The van der Waals surface area contributed by atoms with Crippen LogP contribution in [0.4, 0.5) is 0 Å². The van der Waals surface area contributed by atoms with Crippen LogP contribution in [0.3, 0.4) is 0 Å². The minimum atomic E-state index is -0.919. The summed E-state index contributed by atoms with van der Waals surface area (Å²) in [5, 5.41) is 5.69. The molecule has 4 amide bonds. The number of imidazole rings is 1. The van der Waals surface area contributed by atoms with E-state index in [1.807, 2.05) is 20.8 Å². The molecule has 1 aromatic heterocycles. The third kappa shape index (κ3) is 7.13. The number of rotatable bonds is 10. The first-order chi connectivity index (χ1) is 14.5. The van der Waals surface area contributed by atoms with Crippen molar-refractivity contribution in [1.29, 1.82) is 0 Å². The molecule has 0 spiro atoms. The van der Waals surface area contributed by atoms with E-state index in [4.69, 9.17) is 4.74 Å². The van der Waals surface area contributed by atoms with E-state index in [-0.39, 0.29) is 49.7 Å². The summed E-state index contributed by atoms with van der Waals surface area (Å²) >= 11 is 3.23. The lowest BCUT2D eigenvalue weighted by molar-refractivity contribution is -0.150. The topological polar surface area (TPSA) is 123 Å². The van der Waals surface area contributed by atoms with Crippen molar-refractivity contribution in [2.45, 2.75) is 58.7 Å². The molecule has 31 heavy (non-hydrogen) atoms. The summed E-state index contributed by atoms with van der Waals surface area (Å²) < 4.78 is 7.37. The number of ether oxygens (including phenoxy) is 1. The first-order valence-electron chi connectivity index (χ1n) is 10.1. The molecule has 172 valence electrons. The van der Waals surface area contributed by atoms with E-state index in [2.05, 4.69) is 31.5 Å². The Labute approximate surface area is 190 Å². The Balaban J connectivity index is 2.02. The molecular formula is C20H30BrN5O5. The van der Waals surface area contributed by atoms with Gasteiger partial charge in [0.15, 0.2) is 0 Å². The predicted octanol–water partition coefficient (Wildman–Crippen LogP) is 0.847. The van der Waals surface area contributed by atoms with Crippen LogP contribution in [0.15, 0.2) is 17.1 Å². The average molecular weight is 500 g/mol. The maximum absolute atomic E-state index is 13.0. The Morgan fingerprint density at radius 1 is 1.26 bits per heavy atom. The van der Waals surface area contributed by atoms with Crippen molar-refractivity contribution in [2.75, 3.05) is 20.3 Å². The smallest absolute Gasteiger partial charge is 0.243 e. The molecule has 1 saturated heterocycles. The Morgan fingerprint density at radius 2 is 1.90 bits per heavy atom. The summed E-state index contributed by atoms with van der Waals surface area (Å²) in [6.07, 6.45) is 3.94. The van der Waals surface area contributed by atoms with E-state index in [0.717, 1.165) is 4.90 Å². The number of amides is 4. The minimum Gasteiger partial charge on any atom is -0.385 e. The van der Waals surface area contributed by atoms with Crippen molar-refractivity contribution in [3.05, 3.63) is 17.1 Å². The Kier molecular flexibility index (Phi) is 8.75. The fourth-order valence-corrected chi connectivity index (χ4v) is 3.80. The van der Waals surface area contributed by atoms with Gasteiger partial charge in [-0.1, -0.05) is 20.8 Å². The third-order valence-corrected chi connectivity index (χ3v) is 5.31. The molecule has 1 aromatic rings. The first kappa shape index (κ1) is 25.0. The average Bonchev–Trinajstić information content (AvgIpc) is 3.22. The number of hydrogen-bond acceptors (Lipinski definition) is 6. The maximum atomic E-state index is 13.0. The molecule has 1 fully saturated rings. The van der Waals surface area contributed by atoms with E-state index in [9.17, 15) is 19.2 Å². The van der Waals surface area contributed by atoms with Crippen LogP contribution in [0.25, 0.3) is 0 Å². The third-order valence-electron chi connectivity index (χ3n) is 4.90. The lowest BCUT2D eigenvalue weighted by Crippen LogP contribution is -2.57. The molecule has 0 saturated carbocycles. The number of nitrogens with one attached hydrogen (secondary N) is 2. The van der Waals surface area contributed by atoms with Gasteiger partial charge in [-0.15, -0.1) is 0 Å². The van der Waals surface area contributed by atoms with Crippen LogP contribution in [-0.4, -0.2) is 70.4 Å². The summed E-state index contributed by atoms with van der Waals surface area (Å²) in [5.41, 5.74) is -0.639. The number of likely N-dealkylation sites (tertiary alicyclic amines) is 1. The number of methoxy groups -OCH3 is 1. The monoisotopic (exact) mass is 499 g/mol. The summed E-state index contributed by atoms with van der Waals surface area (Å²) in [6, 6.07) is -1.30. The molecule has 2 N–H and O–H groups in total. The Hall–Kier alpha value is -2.27. The van der Waals surface area contributed by atoms with E-state index >= 15 is 0 Å². The quantitative estimate of drug-likeness (QED) is 0.460. The molecule has 2 unspecified atom stereocenters. The fraction of sp³-hybridized carbons (Fsp3) is 0.650. The Morgan fingerprint density at radius 3 is 2.42 bits per heavy atom. The van der Waals surface area contributed by atoms with Crippen molar-refractivity contribution in [3.8, 4) is 0 Å². The molecular weight excluding hydrogens is 470 g/mol. The first-order valence-corrected chi connectivity index (χ1v) is 10.9.